The van der Waals surface area contributed by atoms with Gasteiger partial charge in [0, 0.05) is 42.3 Å². The van der Waals surface area contributed by atoms with Gasteiger partial charge in [-0.25, -0.2) is 4.39 Å². The Morgan fingerprint density at radius 2 is 1.92 bits per heavy atom. The number of carbonyl (C=O) groups is 2. The fourth-order valence-electron chi connectivity index (χ4n) is 2.90. The second-order valence-corrected chi connectivity index (χ2v) is 7.35. The van der Waals surface area contributed by atoms with Crippen LogP contribution in [0.4, 0.5) is 10.1 Å². The van der Waals surface area contributed by atoms with Crippen molar-refractivity contribution < 1.29 is 14.0 Å². The number of hydrogen-bond acceptors (Lipinski definition) is 4. The molecule has 1 aliphatic heterocycles. The summed E-state index contributed by atoms with van der Waals surface area (Å²) in [6, 6.07) is 11.6. The Bertz CT molecular complexity index is 810. The van der Waals surface area contributed by atoms with Gasteiger partial charge in [0.05, 0.1) is 10.8 Å². The highest BCUT2D eigenvalue weighted by molar-refractivity contribution is 8.00. The van der Waals surface area contributed by atoms with Gasteiger partial charge in [-0.3, -0.25) is 4.79 Å². The predicted octanol–water partition coefficient (Wildman–Crippen LogP) is 3.73. The molecule has 0 bridgehead atoms. The fraction of sp³-hybridized carbons (Fsp3) is 0.263. The first kappa shape index (κ1) is 18.7. The van der Waals surface area contributed by atoms with Crippen LogP contribution in [-0.4, -0.2) is 49.0 Å². The maximum absolute atomic E-state index is 13.4. The Balaban J connectivity index is 1.63. The van der Waals surface area contributed by atoms with E-state index in [1.165, 1.54) is 23.9 Å². The number of thioether (sulfide) groups is 1. The molecule has 26 heavy (non-hydrogen) atoms. The third-order valence-corrected chi connectivity index (χ3v) is 5.62. The van der Waals surface area contributed by atoms with E-state index in [1.807, 2.05) is 6.07 Å². The zero-order valence-electron chi connectivity index (χ0n) is 14.0. The van der Waals surface area contributed by atoms with Gasteiger partial charge in [-0.1, -0.05) is 17.7 Å². The number of benzene rings is 2. The molecule has 1 fully saturated rings. The summed E-state index contributed by atoms with van der Waals surface area (Å²) in [5.74, 6) is -0.00406. The molecule has 4 nitrogen and oxygen atoms in total. The molecule has 0 N–H and O–H groups in total. The SMILES string of the molecule is O=CCSc1ccc(C(=O)N2CCN(c3cccc(F)c3)CC2)cc1Cl. The molecule has 7 heteroatoms. The van der Waals surface area contributed by atoms with Gasteiger partial charge >= 0.3 is 0 Å². The zero-order chi connectivity index (χ0) is 18.5. The first-order chi connectivity index (χ1) is 12.6. The number of aldehydes is 1. The van der Waals surface area contributed by atoms with Crippen LogP contribution in [0.2, 0.25) is 5.02 Å². The number of carbonyl (C=O) groups excluding carboxylic acids is 2. The zero-order valence-corrected chi connectivity index (χ0v) is 15.6. The van der Waals surface area contributed by atoms with Crippen LogP contribution in [0.5, 0.6) is 0 Å². The Morgan fingerprint density at radius 1 is 1.15 bits per heavy atom. The van der Waals surface area contributed by atoms with Crippen molar-refractivity contribution >= 4 is 41.2 Å². The second-order valence-electron chi connectivity index (χ2n) is 5.88. The van der Waals surface area contributed by atoms with E-state index < -0.39 is 0 Å². The summed E-state index contributed by atoms with van der Waals surface area (Å²) in [7, 11) is 0. The van der Waals surface area contributed by atoms with Crippen molar-refractivity contribution in [1.29, 1.82) is 0 Å². The van der Waals surface area contributed by atoms with Gasteiger partial charge in [0.1, 0.15) is 12.1 Å². The first-order valence-electron chi connectivity index (χ1n) is 8.24. The van der Waals surface area contributed by atoms with Crippen molar-refractivity contribution in [2.75, 3.05) is 36.8 Å². The van der Waals surface area contributed by atoms with Crippen LogP contribution in [0.25, 0.3) is 0 Å². The molecular weight excluding hydrogens is 375 g/mol. The van der Waals surface area contributed by atoms with Crippen LogP contribution in [-0.2, 0) is 4.79 Å². The number of halogens is 2. The van der Waals surface area contributed by atoms with Crippen molar-refractivity contribution in [1.82, 2.24) is 4.90 Å². The normalized spacial score (nSPS) is 14.4. The molecule has 0 aromatic heterocycles. The summed E-state index contributed by atoms with van der Waals surface area (Å²) in [4.78, 5) is 27.8. The second kappa shape index (κ2) is 8.56. The third kappa shape index (κ3) is 4.37. The van der Waals surface area contributed by atoms with Gasteiger partial charge < -0.3 is 14.6 Å². The lowest BCUT2D eigenvalue weighted by Gasteiger charge is -2.36. The van der Waals surface area contributed by atoms with Crippen LogP contribution in [0.3, 0.4) is 0 Å². The highest BCUT2D eigenvalue weighted by Gasteiger charge is 2.23. The van der Waals surface area contributed by atoms with E-state index in [-0.39, 0.29) is 11.7 Å². The van der Waals surface area contributed by atoms with Crippen molar-refractivity contribution in [3.63, 3.8) is 0 Å². The average Bonchev–Trinajstić information content (AvgIpc) is 2.66. The van der Waals surface area contributed by atoms with Crippen molar-refractivity contribution in [2.45, 2.75) is 4.90 Å². The number of nitrogens with zero attached hydrogens (tertiary/aromatic N) is 2. The Hall–Kier alpha value is -2.05. The molecule has 0 spiro atoms. The molecule has 0 aliphatic carbocycles. The molecule has 1 aliphatic rings. The molecule has 2 aromatic carbocycles. The number of anilines is 1. The van der Waals surface area contributed by atoms with E-state index in [0.717, 1.165) is 16.9 Å². The van der Waals surface area contributed by atoms with Crippen molar-refractivity contribution in [3.8, 4) is 0 Å². The minimum absolute atomic E-state index is 0.0715. The quantitative estimate of drug-likeness (QED) is 0.574. The lowest BCUT2D eigenvalue weighted by molar-refractivity contribution is -0.105. The van der Waals surface area contributed by atoms with Crippen molar-refractivity contribution in [2.24, 2.45) is 0 Å². The smallest absolute Gasteiger partial charge is 0.254 e. The maximum Gasteiger partial charge on any atom is 0.254 e. The number of amides is 1. The van der Waals surface area contributed by atoms with Crippen LogP contribution in [0.1, 0.15) is 10.4 Å². The maximum atomic E-state index is 13.4. The predicted molar refractivity (Wildman–Crippen MR) is 103 cm³/mol. The summed E-state index contributed by atoms with van der Waals surface area (Å²) in [6.45, 7) is 2.43. The molecule has 1 saturated heterocycles. The van der Waals surface area contributed by atoms with E-state index in [0.29, 0.717) is 42.5 Å². The monoisotopic (exact) mass is 392 g/mol. The number of piperazine rings is 1. The summed E-state index contributed by atoms with van der Waals surface area (Å²) in [5, 5.41) is 0.473. The van der Waals surface area contributed by atoms with E-state index in [4.69, 9.17) is 11.6 Å². The van der Waals surface area contributed by atoms with Gasteiger partial charge in [-0.2, -0.15) is 0 Å². The molecule has 1 heterocycles. The van der Waals surface area contributed by atoms with Crippen LogP contribution in [0.15, 0.2) is 47.4 Å². The molecule has 136 valence electrons. The van der Waals surface area contributed by atoms with Crippen LogP contribution in [0, 0.1) is 5.82 Å². The summed E-state index contributed by atoms with van der Waals surface area (Å²) >= 11 is 7.55. The van der Waals surface area contributed by atoms with Gasteiger partial charge in [0.15, 0.2) is 0 Å². The highest BCUT2D eigenvalue weighted by atomic mass is 35.5. The average molecular weight is 393 g/mol. The van der Waals surface area contributed by atoms with Gasteiger partial charge in [0.2, 0.25) is 0 Å². The largest absolute Gasteiger partial charge is 0.368 e. The Labute approximate surface area is 160 Å². The van der Waals surface area contributed by atoms with Gasteiger partial charge in [-0.05, 0) is 36.4 Å². The Kier molecular flexibility index (Phi) is 6.16. The molecule has 1 amide bonds. The number of rotatable bonds is 5. The van der Waals surface area contributed by atoms with Crippen LogP contribution < -0.4 is 4.90 Å². The number of hydrogen-bond donors (Lipinski definition) is 0. The Morgan fingerprint density at radius 3 is 2.58 bits per heavy atom. The summed E-state index contributed by atoms with van der Waals surface area (Å²) in [5.41, 5.74) is 1.36. The molecule has 0 unspecified atom stereocenters. The lowest BCUT2D eigenvalue weighted by Crippen LogP contribution is -2.48. The molecule has 0 saturated carbocycles. The molecule has 0 atom stereocenters. The minimum Gasteiger partial charge on any atom is -0.368 e. The van der Waals surface area contributed by atoms with Crippen LogP contribution >= 0.6 is 23.4 Å². The van der Waals surface area contributed by atoms with E-state index in [1.54, 1.807) is 29.2 Å². The highest BCUT2D eigenvalue weighted by Crippen LogP contribution is 2.28. The molecule has 0 radical (unpaired) electrons. The minimum atomic E-state index is -0.261. The topological polar surface area (TPSA) is 40.6 Å². The van der Waals surface area contributed by atoms with Gasteiger partial charge in [-0.15, -0.1) is 11.8 Å². The van der Waals surface area contributed by atoms with Crippen molar-refractivity contribution in [3.05, 3.63) is 58.9 Å². The van der Waals surface area contributed by atoms with E-state index in [2.05, 4.69) is 4.90 Å². The fourth-order valence-corrected chi connectivity index (χ4v) is 3.85. The summed E-state index contributed by atoms with van der Waals surface area (Å²) < 4.78 is 13.4. The third-order valence-electron chi connectivity index (χ3n) is 4.23. The first-order valence-corrected chi connectivity index (χ1v) is 9.60. The van der Waals surface area contributed by atoms with Gasteiger partial charge in [0.25, 0.3) is 5.91 Å². The standard InChI is InChI=1S/C19H18ClFN2O2S/c20-17-12-14(4-5-18(17)26-11-10-24)19(25)23-8-6-22(7-9-23)16-3-1-2-15(21)13-16/h1-5,10,12-13H,6-9,11H2. The molecule has 2 aromatic rings. The molecule has 3 rings (SSSR count). The molecular formula is C19H18ClFN2O2S. The van der Waals surface area contributed by atoms with E-state index in [9.17, 15) is 14.0 Å². The van der Waals surface area contributed by atoms with E-state index >= 15 is 0 Å². The summed E-state index contributed by atoms with van der Waals surface area (Å²) in [6.07, 6.45) is 0.818. The lowest BCUT2D eigenvalue weighted by atomic mass is 10.1.